The normalized spacial score (nSPS) is 20.2. The third-order valence-corrected chi connectivity index (χ3v) is 8.71. The third kappa shape index (κ3) is 6.94. The Labute approximate surface area is 254 Å². The number of hydrogen-bond acceptors (Lipinski definition) is 7. The highest BCUT2D eigenvalue weighted by molar-refractivity contribution is 5.90. The first-order valence-electron chi connectivity index (χ1n) is 14.9. The highest BCUT2D eigenvalue weighted by Crippen LogP contribution is 2.45. The molecule has 3 heterocycles. The van der Waals surface area contributed by atoms with Crippen molar-refractivity contribution in [1.29, 1.82) is 0 Å². The minimum Gasteiger partial charge on any atom is -0.481 e. The molecule has 0 bridgehead atoms. The smallest absolute Gasteiger partial charge is 0.336 e. The van der Waals surface area contributed by atoms with Gasteiger partial charge in [0.15, 0.2) is 5.60 Å². The second-order valence-corrected chi connectivity index (χ2v) is 11.8. The zero-order chi connectivity index (χ0) is 32.2. The van der Waals surface area contributed by atoms with E-state index in [-0.39, 0.29) is 17.9 Å². The van der Waals surface area contributed by atoms with Crippen molar-refractivity contribution in [3.63, 3.8) is 0 Å². The first-order chi connectivity index (χ1) is 20.9. The molecule has 1 aliphatic carbocycles. The monoisotopic (exact) mass is 611 g/mol. The number of likely N-dealkylation sites (N-methyl/N-ethyl adjacent to an activating group) is 1. The number of aryl methyl sites for hydroxylation is 1. The zero-order valence-corrected chi connectivity index (χ0v) is 25.2. The number of fused-ring (bicyclic) bond motifs is 2. The van der Waals surface area contributed by atoms with Crippen LogP contribution in [0.1, 0.15) is 74.7 Å². The molecule has 3 aromatic rings. The summed E-state index contributed by atoms with van der Waals surface area (Å²) in [5.41, 5.74) is 2.48. The number of piperidine rings is 1. The summed E-state index contributed by atoms with van der Waals surface area (Å²) < 4.78 is 2.37. The lowest BCUT2D eigenvalue weighted by Gasteiger charge is -2.45. The number of benzene rings is 1. The molecule has 13 nitrogen and oxygen atoms in total. The molecule has 238 valence electrons. The fourth-order valence-corrected chi connectivity index (χ4v) is 6.63. The predicted molar refractivity (Wildman–Crippen MR) is 160 cm³/mol. The first kappa shape index (κ1) is 32.7. The van der Waals surface area contributed by atoms with Gasteiger partial charge in [0, 0.05) is 42.1 Å². The number of likely N-dealkylation sites (tertiary alicyclic amines) is 1. The maximum Gasteiger partial charge on any atom is 0.336 e. The van der Waals surface area contributed by atoms with Crippen LogP contribution in [-0.2, 0) is 32.1 Å². The van der Waals surface area contributed by atoms with Crippen LogP contribution in [0.25, 0.3) is 10.9 Å². The van der Waals surface area contributed by atoms with Crippen LogP contribution in [0.2, 0.25) is 0 Å². The van der Waals surface area contributed by atoms with E-state index in [1.165, 1.54) is 22.0 Å². The lowest BCUT2D eigenvalue weighted by Crippen LogP contribution is -2.51. The van der Waals surface area contributed by atoms with E-state index in [1.807, 2.05) is 6.20 Å². The molecule has 1 saturated heterocycles. The van der Waals surface area contributed by atoms with Gasteiger partial charge in [0.25, 0.3) is 0 Å². The van der Waals surface area contributed by atoms with E-state index in [0.717, 1.165) is 44.5 Å². The van der Waals surface area contributed by atoms with Crippen molar-refractivity contribution >= 4 is 34.7 Å². The van der Waals surface area contributed by atoms with Crippen LogP contribution >= 0.6 is 0 Å². The van der Waals surface area contributed by atoms with Gasteiger partial charge in [-0.1, -0.05) is 25.5 Å². The van der Waals surface area contributed by atoms with E-state index in [0.29, 0.717) is 12.0 Å². The number of nitrogens with one attached hydrogen (secondary N) is 2. The Morgan fingerprint density at radius 2 is 1.84 bits per heavy atom. The summed E-state index contributed by atoms with van der Waals surface area (Å²) in [4.78, 5) is 53.6. The molecule has 6 N–H and O–H groups in total. The van der Waals surface area contributed by atoms with E-state index in [2.05, 4.69) is 70.0 Å². The number of H-pyrrole nitrogens is 1. The van der Waals surface area contributed by atoms with Gasteiger partial charge < -0.3 is 40.2 Å². The SMILES string of the molecule is CCCC(NC(=O)[C@@H]1CC2c3cccc4c3c(cn4CC)C[C@H]2N(C)C1)c1cnc[nH]1.O=C(O)CC(O)(CC(=O)O)C(=O)O. The molecule has 4 atom stereocenters. The minimum absolute atomic E-state index is 0.00130. The average Bonchev–Trinajstić information content (AvgIpc) is 3.62. The predicted octanol–water partition coefficient (Wildman–Crippen LogP) is 2.75. The van der Waals surface area contributed by atoms with E-state index in [1.54, 1.807) is 6.33 Å². The van der Waals surface area contributed by atoms with Gasteiger partial charge in [0.05, 0.1) is 43.0 Å². The Morgan fingerprint density at radius 3 is 2.41 bits per heavy atom. The maximum atomic E-state index is 13.4. The summed E-state index contributed by atoms with van der Waals surface area (Å²) in [6.07, 6.45) is 7.48. The molecular weight excluding hydrogens is 570 g/mol. The number of imidazole rings is 1. The number of carbonyl (C=O) groups is 4. The minimum atomic E-state index is -2.74. The standard InChI is InChI=1S/C25H33N5O.C6H8O7/c1-4-7-20(21-12-26-15-27-21)28-25(31)17-10-19-18-8-6-9-22-24(18)16(14-30(22)5-2)11-23(19)29(3)13-17;7-3(8)1-6(13,5(11)12)2-4(9)10/h6,8-9,12,14-15,17,19-20,23H,4-5,7,10-11,13H2,1-3H3,(H,26,27)(H,28,31);13H,1-2H2,(H,7,8)(H,9,10)(H,11,12)/t17-,19?,20?,23-;/m1./s1. The zero-order valence-electron chi connectivity index (χ0n) is 25.2. The van der Waals surface area contributed by atoms with Crippen molar-refractivity contribution < 1.29 is 39.6 Å². The summed E-state index contributed by atoms with van der Waals surface area (Å²) in [6, 6.07) is 7.19. The lowest BCUT2D eigenvalue weighted by molar-refractivity contribution is -0.170. The van der Waals surface area contributed by atoms with Gasteiger partial charge in [-0.3, -0.25) is 14.4 Å². The van der Waals surface area contributed by atoms with E-state index in [9.17, 15) is 19.2 Å². The Balaban J connectivity index is 0.000000289. The number of aromatic nitrogens is 3. The molecule has 0 radical (unpaired) electrons. The van der Waals surface area contributed by atoms with E-state index >= 15 is 0 Å². The number of aromatic amines is 1. The van der Waals surface area contributed by atoms with Gasteiger partial charge in [-0.25, -0.2) is 9.78 Å². The van der Waals surface area contributed by atoms with Gasteiger partial charge in [-0.05, 0) is 50.4 Å². The maximum absolute atomic E-state index is 13.4. The molecule has 0 saturated carbocycles. The number of carbonyl (C=O) groups excluding carboxylic acids is 1. The molecule has 13 heteroatoms. The quantitative estimate of drug-likeness (QED) is 0.187. The fraction of sp³-hybridized carbons (Fsp3) is 0.516. The molecule has 1 fully saturated rings. The number of nitrogens with zero attached hydrogens (tertiary/aromatic N) is 3. The third-order valence-electron chi connectivity index (χ3n) is 8.71. The number of hydrogen-bond donors (Lipinski definition) is 6. The number of aliphatic carboxylic acids is 3. The second-order valence-electron chi connectivity index (χ2n) is 11.8. The highest BCUT2D eigenvalue weighted by atomic mass is 16.4. The van der Waals surface area contributed by atoms with Gasteiger partial charge in [-0.2, -0.15) is 0 Å². The fourth-order valence-electron chi connectivity index (χ4n) is 6.63. The lowest BCUT2D eigenvalue weighted by atomic mass is 9.72. The van der Waals surface area contributed by atoms with Crippen LogP contribution in [0.4, 0.5) is 0 Å². The van der Waals surface area contributed by atoms with Crippen LogP contribution < -0.4 is 5.32 Å². The van der Waals surface area contributed by atoms with E-state index in [4.69, 9.17) is 20.4 Å². The Bertz CT molecular complexity index is 1480. The van der Waals surface area contributed by atoms with Gasteiger partial charge in [0.2, 0.25) is 5.91 Å². The first-order valence-corrected chi connectivity index (χ1v) is 14.9. The average molecular weight is 612 g/mol. The Morgan fingerprint density at radius 1 is 1.14 bits per heavy atom. The molecule has 5 rings (SSSR count). The van der Waals surface area contributed by atoms with Crippen molar-refractivity contribution in [2.24, 2.45) is 5.92 Å². The van der Waals surface area contributed by atoms with Crippen LogP contribution in [0.3, 0.4) is 0 Å². The largest absolute Gasteiger partial charge is 0.481 e. The Kier molecular flexibility index (Phi) is 10.1. The molecule has 2 aromatic heterocycles. The van der Waals surface area contributed by atoms with Gasteiger partial charge in [-0.15, -0.1) is 0 Å². The topological polar surface area (TPSA) is 198 Å². The second kappa shape index (κ2) is 13.6. The molecule has 2 aliphatic rings. The summed E-state index contributed by atoms with van der Waals surface area (Å²) in [5.74, 6) is -4.45. The summed E-state index contributed by atoms with van der Waals surface area (Å²) in [6.45, 7) is 6.16. The van der Waals surface area contributed by atoms with Crippen molar-refractivity contribution in [1.82, 2.24) is 24.8 Å². The van der Waals surface area contributed by atoms with Crippen LogP contribution in [-0.4, -0.2) is 88.9 Å². The van der Waals surface area contributed by atoms with Crippen LogP contribution in [0.5, 0.6) is 0 Å². The van der Waals surface area contributed by atoms with E-state index < -0.39 is 36.4 Å². The molecule has 1 aliphatic heterocycles. The molecular formula is C31H41N5O8. The summed E-state index contributed by atoms with van der Waals surface area (Å²) in [5, 5.41) is 38.6. The number of carboxylic acids is 3. The molecule has 0 spiro atoms. The summed E-state index contributed by atoms with van der Waals surface area (Å²) >= 11 is 0. The molecule has 2 unspecified atom stereocenters. The number of rotatable bonds is 11. The van der Waals surface area contributed by atoms with Crippen molar-refractivity contribution in [2.75, 3.05) is 13.6 Å². The molecule has 1 aromatic carbocycles. The van der Waals surface area contributed by atoms with Gasteiger partial charge in [0.1, 0.15) is 0 Å². The highest BCUT2D eigenvalue weighted by Gasteiger charge is 2.42. The van der Waals surface area contributed by atoms with Gasteiger partial charge >= 0.3 is 17.9 Å². The van der Waals surface area contributed by atoms with Crippen molar-refractivity contribution in [3.8, 4) is 0 Å². The summed E-state index contributed by atoms with van der Waals surface area (Å²) in [7, 11) is 2.19. The van der Waals surface area contributed by atoms with Crippen LogP contribution in [0.15, 0.2) is 36.9 Å². The molecule has 44 heavy (non-hydrogen) atoms. The number of amides is 1. The Hall–Kier alpha value is -4.23. The van der Waals surface area contributed by atoms with Crippen molar-refractivity contribution in [2.45, 2.75) is 82.5 Å². The number of aliphatic hydroxyl groups is 1. The van der Waals surface area contributed by atoms with Crippen LogP contribution in [0, 0.1) is 5.92 Å². The molecule has 1 amide bonds. The van der Waals surface area contributed by atoms with Crippen molar-refractivity contribution in [3.05, 3.63) is 53.7 Å². The number of carboxylic acid groups (broad SMARTS) is 3.